The van der Waals surface area contributed by atoms with Crippen LogP contribution in [0, 0.1) is 0 Å². The number of imidazole rings is 1. The van der Waals surface area contributed by atoms with Crippen LogP contribution in [0.5, 0.6) is 0 Å². The Kier molecular flexibility index (Phi) is 3.10. The van der Waals surface area contributed by atoms with E-state index in [1.54, 1.807) is 29.7 Å². The molecule has 0 aliphatic heterocycles. The molecule has 0 saturated carbocycles. The zero-order valence-electron chi connectivity index (χ0n) is 8.81. The number of hydrogen-bond acceptors (Lipinski definition) is 3. The predicted octanol–water partition coefficient (Wildman–Crippen LogP) is 2.25. The van der Waals surface area contributed by atoms with E-state index in [1.165, 1.54) is 0 Å². The average molecular weight is 239 g/mol. The fourth-order valence-electron chi connectivity index (χ4n) is 1.56. The van der Waals surface area contributed by atoms with Crippen molar-refractivity contribution in [3.05, 3.63) is 35.8 Å². The highest BCUT2D eigenvalue weighted by Gasteiger charge is 2.13. The molecule has 0 atom stereocenters. The van der Waals surface area contributed by atoms with Crippen molar-refractivity contribution >= 4 is 23.2 Å². The van der Waals surface area contributed by atoms with Crippen molar-refractivity contribution in [1.82, 2.24) is 9.38 Å². The van der Waals surface area contributed by atoms with Crippen molar-refractivity contribution in [2.45, 2.75) is 12.8 Å². The number of hydrogen-bond donors (Lipinski definition) is 0. The van der Waals surface area contributed by atoms with Gasteiger partial charge < -0.3 is 4.74 Å². The molecule has 2 heterocycles. The maximum Gasteiger partial charge on any atom is 0.355 e. The molecule has 0 aliphatic carbocycles. The first-order chi connectivity index (χ1) is 7.77. The molecule has 0 N–H and O–H groups in total. The van der Waals surface area contributed by atoms with Gasteiger partial charge in [-0.3, -0.25) is 4.40 Å². The Bertz CT molecular complexity index is 522. The van der Waals surface area contributed by atoms with Crippen LogP contribution in [-0.4, -0.2) is 22.0 Å². The number of ether oxygens (including phenoxy) is 1. The van der Waals surface area contributed by atoms with Gasteiger partial charge in [0.2, 0.25) is 0 Å². The second-order valence-corrected chi connectivity index (χ2v) is 3.48. The van der Waals surface area contributed by atoms with E-state index in [4.69, 9.17) is 16.3 Å². The summed E-state index contributed by atoms with van der Waals surface area (Å²) in [7, 11) is 0. The minimum atomic E-state index is -0.363. The van der Waals surface area contributed by atoms with Gasteiger partial charge in [-0.1, -0.05) is 6.07 Å². The standard InChI is InChI=1S/C11H11ClN2O2/c1-2-16-11(15)9-4-3-5-10-13-7-8(6-12)14(9)10/h3-5,7H,2,6H2,1H3. The molecule has 0 saturated heterocycles. The van der Waals surface area contributed by atoms with Gasteiger partial charge in [-0.25, -0.2) is 9.78 Å². The lowest BCUT2D eigenvalue weighted by atomic mass is 10.3. The number of carbonyl (C=O) groups is 1. The molecule has 0 unspecified atom stereocenters. The summed E-state index contributed by atoms with van der Waals surface area (Å²) in [5, 5.41) is 0. The number of fused-ring (bicyclic) bond motifs is 1. The largest absolute Gasteiger partial charge is 0.461 e. The van der Waals surface area contributed by atoms with Crippen molar-refractivity contribution in [3.63, 3.8) is 0 Å². The van der Waals surface area contributed by atoms with E-state index >= 15 is 0 Å². The van der Waals surface area contributed by atoms with Crippen LogP contribution < -0.4 is 0 Å². The number of pyridine rings is 1. The third-order valence-electron chi connectivity index (χ3n) is 2.22. The van der Waals surface area contributed by atoms with Crippen LogP contribution in [0.25, 0.3) is 5.65 Å². The van der Waals surface area contributed by atoms with Crippen LogP contribution in [-0.2, 0) is 10.6 Å². The summed E-state index contributed by atoms with van der Waals surface area (Å²) in [6.45, 7) is 2.12. The highest BCUT2D eigenvalue weighted by atomic mass is 35.5. The van der Waals surface area contributed by atoms with Crippen LogP contribution in [0.4, 0.5) is 0 Å². The summed E-state index contributed by atoms with van der Waals surface area (Å²) in [4.78, 5) is 15.9. The summed E-state index contributed by atoms with van der Waals surface area (Å²) in [5.74, 6) is -0.0603. The maximum atomic E-state index is 11.7. The van der Waals surface area contributed by atoms with Crippen molar-refractivity contribution in [2.75, 3.05) is 6.61 Å². The summed E-state index contributed by atoms with van der Waals surface area (Å²) in [6.07, 6.45) is 1.66. The number of aromatic nitrogens is 2. The number of rotatable bonds is 3. The lowest BCUT2D eigenvalue weighted by Crippen LogP contribution is -2.11. The second kappa shape index (κ2) is 4.53. The average Bonchev–Trinajstić information content (AvgIpc) is 2.72. The first kappa shape index (κ1) is 11.0. The van der Waals surface area contributed by atoms with Crippen LogP contribution >= 0.6 is 11.6 Å². The zero-order valence-corrected chi connectivity index (χ0v) is 9.57. The van der Waals surface area contributed by atoms with Gasteiger partial charge in [0.15, 0.2) is 0 Å². The van der Waals surface area contributed by atoms with Gasteiger partial charge in [0, 0.05) is 0 Å². The molecule has 5 heteroatoms. The first-order valence-electron chi connectivity index (χ1n) is 4.96. The summed E-state index contributed by atoms with van der Waals surface area (Å²) in [5.41, 5.74) is 1.93. The van der Waals surface area contributed by atoms with E-state index in [0.29, 0.717) is 23.8 Å². The lowest BCUT2D eigenvalue weighted by molar-refractivity contribution is 0.0517. The van der Waals surface area contributed by atoms with E-state index < -0.39 is 0 Å². The second-order valence-electron chi connectivity index (χ2n) is 3.21. The normalized spacial score (nSPS) is 10.6. The molecule has 0 spiro atoms. The fraction of sp³-hybridized carbons (Fsp3) is 0.273. The Labute approximate surface area is 97.8 Å². The Morgan fingerprint density at radius 3 is 3.06 bits per heavy atom. The number of halogens is 1. The molecule has 2 rings (SSSR count). The van der Waals surface area contributed by atoms with Gasteiger partial charge in [0.25, 0.3) is 0 Å². The van der Waals surface area contributed by atoms with Crippen molar-refractivity contribution in [1.29, 1.82) is 0 Å². The van der Waals surface area contributed by atoms with Gasteiger partial charge in [-0.15, -0.1) is 11.6 Å². The number of alkyl halides is 1. The Morgan fingerprint density at radius 1 is 1.56 bits per heavy atom. The molecule has 16 heavy (non-hydrogen) atoms. The molecule has 0 bridgehead atoms. The SMILES string of the molecule is CCOC(=O)c1cccc2ncc(CCl)n12. The van der Waals surface area contributed by atoms with Gasteiger partial charge >= 0.3 is 5.97 Å². The van der Waals surface area contributed by atoms with Crippen LogP contribution in [0.1, 0.15) is 23.1 Å². The molecular weight excluding hydrogens is 228 g/mol. The Morgan fingerprint density at radius 2 is 2.38 bits per heavy atom. The zero-order chi connectivity index (χ0) is 11.5. The van der Waals surface area contributed by atoms with E-state index in [2.05, 4.69) is 4.98 Å². The number of carbonyl (C=O) groups excluding carboxylic acids is 1. The van der Waals surface area contributed by atoms with Crippen LogP contribution in [0.3, 0.4) is 0 Å². The van der Waals surface area contributed by atoms with E-state index in [1.807, 2.05) is 6.07 Å². The topological polar surface area (TPSA) is 43.6 Å². The molecule has 84 valence electrons. The molecule has 4 nitrogen and oxygen atoms in total. The summed E-state index contributed by atoms with van der Waals surface area (Å²) >= 11 is 5.79. The van der Waals surface area contributed by atoms with Gasteiger partial charge in [0.1, 0.15) is 11.3 Å². The third-order valence-corrected chi connectivity index (χ3v) is 2.50. The smallest absolute Gasteiger partial charge is 0.355 e. The third kappa shape index (κ3) is 1.76. The molecule has 0 radical (unpaired) electrons. The van der Waals surface area contributed by atoms with Gasteiger partial charge in [-0.05, 0) is 19.1 Å². The highest BCUT2D eigenvalue weighted by Crippen LogP contribution is 2.13. The van der Waals surface area contributed by atoms with Gasteiger partial charge in [-0.2, -0.15) is 0 Å². The quantitative estimate of drug-likeness (QED) is 0.609. The molecule has 0 aromatic carbocycles. The Balaban J connectivity index is 2.59. The molecule has 2 aromatic rings. The lowest BCUT2D eigenvalue weighted by Gasteiger charge is -2.06. The minimum Gasteiger partial charge on any atom is -0.461 e. The first-order valence-corrected chi connectivity index (χ1v) is 5.49. The number of esters is 1. The number of nitrogens with zero attached hydrogens (tertiary/aromatic N) is 2. The molecule has 0 aliphatic rings. The van der Waals surface area contributed by atoms with E-state index in [0.717, 1.165) is 5.69 Å². The highest BCUT2D eigenvalue weighted by molar-refractivity contribution is 6.17. The predicted molar refractivity (Wildman–Crippen MR) is 60.7 cm³/mol. The molecule has 0 amide bonds. The molecule has 2 aromatic heterocycles. The van der Waals surface area contributed by atoms with Crippen LogP contribution in [0.15, 0.2) is 24.4 Å². The summed E-state index contributed by atoms with van der Waals surface area (Å²) < 4.78 is 6.69. The van der Waals surface area contributed by atoms with Crippen molar-refractivity contribution in [2.24, 2.45) is 0 Å². The maximum absolute atomic E-state index is 11.7. The van der Waals surface area contributed by atoms with Crippen molar-refractivity contribution in [3.8, 4) is 0 Å². The van der Waals surface area contributed by atoms with Crippen LogP contribution in [0.2, 0.25) is 0 Å². The van der Waals surface area contributed by atoms with E-state index in [9.17, 15) is 4.79 Å². The molecule has 0 fully saturated rings. The minimum absolute atomic E-state index is 0.303. The Hall–Kier alpha value is -1.55. The van der Waals surface area contributed by atoms with Gasteiger partial charge in [0.05, 0.1) is 24.4 Å². The monoisotopic (exact) mass is 238 g/mol. The van der Waals surface area contributed by atoms with Crippen molar-refractivity contribution < 1.29 is 9.53 Å². The van der Waals surface area contributed by atoms with E-state index in [-0.39, 0.29) is 5.97 Å². The summed E-state index contributed by atoms with van der Waals surface area (Å²) in [6, 6.07) is 5.29. The molecular formula is C11H11ClN2O2. The fourth-order valence-corrected chi connectivity index (χ4v) is 1.75.